The summed E-state index contributed by atoms with van der Waals surface area (Å²) < 4.78 is 0. The molecule has 1 amide bonds. The van der Waals surface area contributed by atoms with Crippen LogP contribution >= 0.6 is 24.0 Å². The zero-order valence-electron chi connectivity index (χ0n) is 12.8. The first kappa shape index (κ1) is 19.2. The Kier molecular flexibility index (Phi) is 9.48. The maximum absolute atomic E-state index is 11.8. The summed E-state index contributed by atoms with van der Waals surface area (Å²) in [5.41, 5.74) is 1.15. The molecule has 124 valence electrons. The lowest BCUT2D eigenvalue weighted by atomic mass is 10.1. The fourth-order valence-corrected chi connectivity index (χ4v) is 2.59. The van der Waals surface area contributed by atoms with Crippen LogP contribution < -0.4 is 10.6 Å². The second kappa shape index (κ2) is 10.8. The second-order valence-corrected chi connectivity index (χ2v) is 5.86. The van der Waals surface area contributed by atoms with Crippen LogP contribution in [0.4, 0.5) is 0 Å². The third kappa shape index (κ3) is 7.45. The second-order valence-electron chi connectivity index (χ2n) is 5.42. The molecule has 0 saturated carbocycles. The number of nitrogens with zero attached hydrogens (tertiary/aromatic N) is 1. The summed E-state index contributed by atoms with van der Waals surface area (Å²) in [4.78, 5) is 14.2. The van der Waals surface area contributed by atoms with Crippen LogP contribution in [0, 0.1) is 0 Å². The summed E-state index contributed by atoms with van der Waals surface area (Å²) in [6, 6.07) is 7.67. The van der Waals surface area contributed by atoms with E-state index in [-0.39, 0.29) is 18.3 Å². The van der Waals surface area contributed by atoms with Crippen LogP contribution in [0.3, 0.4) is 0 Å². The molecule has 1 saturated heterocycles. The third-order valence-electron chi connectivity index (χ3n) is 3.74. The summed E-state index contributed by atoms with van der Waals surface area (Å²) in [5, 5.41) is 7.07. The van der Waals surface area contributed by atoms with Gasteiger partial charge in [-0.3, -0.25) is 4.79 Å². The van der Waals surface area contributed by atoms with Crippen molar-refractivity contribution in [1.29, 1.82) is 0 Å². The fraction of sp³-hybridized carbons (Fsp3) is 0.562. The quantitative estimate of drug-likeness (QED) is 0.744. The number of carbonyl (C=O) groups is 1. The van der Waals surface area contributed by atoms with Crippen molar-refractivity contribution in [2.75, 3.05) is 39.3 Å². The Morgan fingerprint density at radius 1 is 1.23 bits per heavy atom. The van der Waals surface area contributed by atoms with Crippen molar-refractivity contribution in [3.05, 3.63) is 34.9 Å². The van der Waals surface area contributed by atoms with Gasteiger partial charge in [0.05, 0.1) is 0 Å². The largest absolute Gasteiger partial charge is 0.356 e. The van der Waals surface area contributed by atoms with E-state index in [0.717, 1.165) is 62.7 Å². The molecule has 22 heavy (non-hydrogen) atoms. The molecule has 2 N–H and O–H groups in total. The van der Waals surface area contributed by atoms with E-state index in [0.29, 0.717) is 6.42 Å². The average Bonchev–Trinajstić information content (AvgIpc) is 2.52. The highest BCUT2D eigenvalue weighted by Gasteiger charge is 2.08. The minimum absolute atomic E-state index is 0. The van der Waals surface area contributed by atoms with E-state index >= 15 is 0 Å². The molecular formula is C16H25Cl2N3O. The van der Waals surface area contributed by atoms with Gasteiger partial charge in [0.1, 0.15) is 0 Å². The van der Waals surface area contributed by atoms with Crippen LogP contribution in [-0.2, 0) is 11.2 Å². The summed E-state index contributed by atoms with van der Waals surface area (Å²) in [6.45, 7) is 6.22. The van der Waals surface area contributed by atoms with Crippen molar-refractivity contribution >= 4 is 29.9 Å². The number of hydrogen-bond donors (Lipinski definition) is 2. The van der Waals surface area contributed by atoms with E-state index in [4.69, 9.17) is 11.6 Å². The van der Waals surface area contributed by atoms with Gasteiger partial charge in [0, 0.05) is 44.2 Å². The number of piperazine rings is 1. The molecule has 0 spiro atoms. The van der Waals surface area contributed by atoms with Gasteiger partial charge in [0.15, 0.2) is 0 Å². The van der Waals surface area contributed by atoms with Gasteiger partial charge >= 0.3 is 0 Å². The van der Waals surface area contributed by atoms with Crippen LogP contribution in [0.5, 0.6) is 0 Å². The zero-order chi connectivity index (χ0) is 14.9. The molecule has 0 aliphatic carbocycles. The van der Waals surface area contributed by atoms with E-state index in [9.17, 15) is 4.79 Å². The van der Waals surface area contributed by atoms with Gasteiger partial charge in [0.2, 0.25) is 5.91 Å². The van der Waals surface area contributed by atoms with Gasteiger partial charge in [0.25, 0.3) is 0 Å². The predicted octanol–water partition coefficient (Wildman–Crippen LogP) is 2.11. The number of nitrogens with one attached hydrogen (secondary N) is 2. The number of carbonyl (C=O) groups excluding carboxylic acids is 1. The molecule has 0 aromatic heterocycles. The van der Waals surface area contributed by atoms with Gasteiger partial charge in [-0.05, 0) is 37.1 Å². The molecule has 2 rings (SSSR count). The van der Waals surface area contributed by atoms with Crippen LogP contribution in [0.1, 0.15) is 18.4 Å². The van der Waals surface area contributed by atoms with E-state index < -0.39 is 0 Å². The monoisotopic (exact) mass is 345 g/mol. The highest BCUT2D eigenvalue weighted by molar-refractivity contribution is 6.30. The molecule has 1 fully saturated rings. The minimum Gasteiger partial charge on any atom is -0.356 e. The molecule has 0 atom stereocenters. The van der Waals surface area contributed by atoms with Crippen molar-refractivity contribution in [3.8, 4) is 0 Å². The first-order valence-electron chi connectivity index (χ1n) is 7.68. The molecule has 1 heterocycles. The van der Waals surface area contributed by atoms with Crippen molar-refractivity contribution in [3.63, 3.8) is 0 Å². The number of benzene rings is 1. The molecule has 6 heteroatoms. The maximum atomic E-state index is 11.8. The first-order valence-corrected chi connectivity index (χ1v) is 8.06. The molecule has 1 aromatic carbocycles. The maximum Gasteiger partial charge on any atom is 0.220 e. The molecule has 0 radical (unpaired) electrons. The molecular weight excluding hydrogens is 321 g/mol. The SMILES string of the molecule is Cl.O=C(CCc1ccc(Cl)cc1)NCCCN1CCNCC1. The summed E-state index contributed by atoms with van der Waals surface area (Å²) >= 11 is 5.84. The molecule has 1 aromatic rings. The lowest BCUT2D eigenvalue weighted by molar-refractivity contribution is -0.121. The Balaban J connectivity index is 0.00000242. The lowest BCUT2D eigenvalue weighted by Crippen LogP contribution is -2.44. The van der Waals surface area contributed by atoms with Crippen molar-refractivity contribution in [2.24, 2.45) is 0 Å². The number of rotatable bonds is 7. The molecule has 0 bridgehead atoms. The van der Waals surface area contributed by atoms with Gasteiger partial charge < -0.3 is 15.5 Å². The van der Waals surface area contributed by atoms with Crippen LogP contribution in [0.2, 0.25) is 5.02 Å². The van der Waals surface area contributed by atoms with Crippen molar-refractivity contribution < 1.29 is 4.79 Å². The molecule has 4 nitrogen and oxygen atoms in total. The standard InChI is InChI=1S/C16H24ClN3O.ClH/c17-15-5-2-14(3-6-15)4-7-16(21)19-8-1-11-20-12-9-18-10-13-20;/h2-3,5-6,18H,1,4,7-13H2,(H,19,21);1H. The van der Waals surface area contributed by atoms with Crippen LogP contribution in [-0.4, -0.2) is 50.1 Å². The highest BCUT2D eigenvalue weighted by Crippen LogP contribution is 2.10. The number of halogens is 2. The van der Waals surface area contributed by atoms with Crippen LogP contribution in [0.25, 0.3) is 0 Å². The van der Waals surface area contributed by atoms with E-state index in [2.05, 4.69) is 15.5 Å². The Morgan fingerprint density at radius 3 is 2.59 bits per heavy atom. The van der Waals surface area contributed by atoms with Gasteiger partial charge in [-0.1, -0.05) is 23.7 Å². The zero-order valence-corrected chi connectivity index (χ0v) is 14.4. The summed E-state index contributed by atoms with van der Waals surface area (Å²) in [5.74, 6) is 0.130. The number of amides is 1. The summed E-state index contributed by atoms with van der Waals surface area (Å²) in [7, 11) is 0. The topological polar surface area (TPSA) is 44.4 Å². The molecule has 0 unspecified atom stereocenters. The molecule has 1 aliphatic rings. The number of hydrogen-bond acceptors (Lipinski definition) is 3. The Labute approximate surface area is 144 Å². The van der Waals surface area contributed by atoms with E-state index in [1.807, 2.05) is 24.3 Å². The van der Waals surface area contributed by atoms with Gasteiger partial charge in [-0.15, -0.1) is 12.4 Å². The molecule has 1 aliphatic heterocycles. The Morgan fingerprint density at radius 2 is 1.91 bits per heavy atom. The van der Waals surface area contributed by atoms with Gasteiger partial charge in [-0.2, -0.15) is 0 Å². The van der Waals surface area contributed by atoms with Crippen molar-refractivity contribution in [2.45, 2.75) is 19.3 Å². The highest BCUT2D eigenvalue weighted by atomic mass is 35.5. The Hall–Kier alpha value is -0.810. The fourth-order valence-electron chi connectivity index (χ4n) is 2.46. The predicted molar refractivity (Wildman–Crippen MR) is 94.0 cm³/mol. The minimum atomic E-state index is 0. The first-order chi connectivity index (χ1) is 10.2. The van der Waals surface area contributed by atoms with Crippen molar-refractivity contribution in [1.82, 2.24) is 15.5 Å². The Bertz CT molecular complexity index is 434. The number of aryl methyl sites for hydroxylation is 1. The smallest absolute Gasteiger partial charge is 0.220 e. The van der Waals surface area contributed by atoms with Gasteiger partial charge in [-0.25, -0.2) is 0 Å². The average molecular weight is 346 g/mol. The van der Waals surface area contributed by atoms with Crippen LogP contribution in [0.15, 0.2) is 24.3 Å². The third-order valence-corrected chi connectivity index (χ3v) is 3.99. The van der Waals surface area contributed by atoms with E-state index in [1.165, 1.54) is 0 Å². The normalized spacial score (nSPS) is 15.1. The summed E-state index contributed by atoms with van der Waals surface area (Å²) in [6.07, 6.45) is 2.32. The van der Waals surface area contributed by atoms with E-state index in [1.54, 1.807) is 0 Å². The lowest BCUT2D eigenvalue weighted by Gasteiger charge is -2.27.